The topological polar surface area (TPSA) is 32.5 Å². The molecular formula is C15H25N3. The molecule has 1 aliphatic rings. The molecule has 1 saturated heterocycles. The first-order valence-corrected chi connectivity index (χ1v) is 6.81. The van der Waals surface area contributed by atoms with Crippen molar-refractivity contribution in [3.63, 3.8) is 0 Å². The van der Waals surface area contributed by atoms with E-state index in [0.717, 1.165) is 26.2 Å². The summed E-state index contributed by atoms with van der Waals surface area (Å²) in [5.74, 6) is 0. The summed E-state index contributed by atoms with van der Waals surface area (Å²) in [6.07, 6.45) is 0. The third-order valence-corrected chi connectivity index (χ3v) is 3.99. The molecule has 0 aliphatic carbocycles. The van der Waals surface area contributed by atoms with E-state index in [-0.39, 0.29) is 0 Å². The molecule has 1 aromatic carbocycles. The molecule has 2 N–H and O–H groups in total. The van der Waals surface area contributed by atoms with E-state index >= 15 is 0 Å². The van der Waals surface area contributed by atoms with Crippen molar-refractivity contribution in [3.05, 3.63) is 34.9 Å². The monoisotopic (exact) mass is 247 g/mol. The van der Waals surface area contributed by atoms with Crippen LogP contribution in [0.2, 0.25) is 0 Å². The summed E-state index contributed by atoms with van der Waals surface area (Å²) in [5.41, 5.74) is 10.1. The first-order valence-electron chi connectivity index (χ1n) is 6.81. The first kappa shape index (κ1) is 13.5. The molecule has 3 nitrogen and oxygen atoms in total. The molecule has 1 fully saturated rings. The fourth-order valence-electron chi connectivity index (χ4n) is 2.81. The van der Waals surface area contributed by atoms with Crippen molar-refractivity contribution in [2.45, 2.75) is 19.9 Å². The number of hydrogen-bond donors (Lipinski definition) is 1. The Morgan fingerprint density at radius 1 is 1.17 bits per heavy atom. The van der Waals surface area contributed by atoms with Crippen LogP contribution in [0.4, 0.5) is 0 Å². The van der Waals surface area contributed by atoms with Gasteiger partial charge in [0.05, 0.1) is 0 Å². The van der Waals surface area contributed by atoms with Crippen molar-refractivity contribution >= 4 is 0 Å². The quantitative estimate of drug-likeness (QED) is 0.879. The van der Waals surface area contributed by atoms with Gasteiger partial charge in [0.2, 0.25) is 0 Å². The van der Waals surface area contributed by atoms with Crippen LogP contribution in [0.5, 0.6) is 0 Å². The molecule has 2 rings (SSSR count). The zero-order chi connectivity index (χ0) is 13.1. The second-order valence-corrected chi connectivity index (χ2v) is 5.45. The third kappa shape index (κ3) is 2.91. The molecule has 3 heteroatoms. The van der Waals surface area contributed by atoms with Crippen molar-refractivity contribution in [2.75, 3.05) is 39.8 Å². The minimum absolute atomic E-state index is 0.374. The Bertz CT molecular complexity index is 395. The minimum Gasteiger partial charge on any atom is -0.329 e. The highest BCUT2D eigenvalue weighted by Crippen LogP contribution is 2.24. The molecule has 1 aromatic rings. The van der Waals surface area contributed by atoms with Gasteiger partial charge in [-0.05, 0) is 32.0 Å². The fourth-order valence-corrected chi connectivity index (χ4v) is 2.81. The molecule has 1 heterocycles. The lowest BCUT2D eigenvalue weighted by atomic mass is 9.97. The van der Waals surface area contributed by atoms with E-state index in [9.17, 15) is 0 Å². The van der Waals surface area contributed by atoms with Gasteiger partial charge in [0.15, 0.2) is 0 Å². The van der Waals surface area contributed by atoms with Crippen LogP contribution in [-0.2, 0) is 0 Å². The predicted octanol–water partition coefficient (Wildman–Crippen LogP) is 1.55. The Morgan fingerprint density at radius 2 is 1.83 bits per heavy atom. The number of nitrogens with zero attached hydrogens (tertiary/aromatic N) is 2. The van der Waals surface area contributed by atoms with Gasteiger partial charge in [-0.15, -0.1) is 0 Å². The van der Waals surface area contributed by atoms with E-state index < -0.39 is 0 Å². The first-order chi connectivity index (χ1) is 8.61. The Kier molecular flexibility index (Phi) is 4.38. The number of piperazine rings is 1. The van der Waals surface area contributed by atoms with E-state index in [1.165, 1.54) is 16.7 Å². The zero-order valence-electron chi connectivity index (χ0n) is 11.8. The summed E-state index contributed by atoms with van der Waals surface area (Å²) in [7, 11) is 2.19. The normalized spacial score (nSPS) is 20.0. The van der Waals surface area contributed by atoms with E-state index in [2.05, 4.69) is 48.9 Å². The van der Waals surface area contributed by atoms with Crippen LogP contribution in [0.25, 0.3) is 0 Å². The van der Waals surface area contributed by atoms with Crippen molar-refractivity contribution in [3.8, 4) is 0 Å². The van der Waals surface area contributed by atoms with Gasteiger partial charge < -0.3 is 10.6 Å². The number of benzene rings is 1. The summed E-state index contributed by atoms with van der Waals surface area (Å²) in [5, 5.41) is 0. The van der Waals surface area contributed by atoms with E-state index in [1.54, 1.807) is 0 Å². The van der Waals surface area contributed by atoms with Gasteiger partial charge in [0.25, 0.3) is 0 Å². The zero-order valence-corrected chi connectivity index (χ0v) is 11.8. The van der Waals surface area contributed by atoms with Crippen LogP contribution in [0, 0.1) is 13.8 Å². The standard InChI is InChI=1S/C15H25N3/c1-12-4-5-14(13(2)10-12)15(11-16)18-8-6-17(3)7-9-18/h4-5,10,15H,6-9,11,16H2,1-3H3. The average molecular weight is 247 g/mol. The summed E-state index contributed by atoms with van der Waals surface area (Å²) in [6, 6.07) is 7.08. The number of rotatable bonds is 3. The van der Waals surface area contributed by atoms with Crippen LogP contribution in [0.3, 0.4) is 0 Å². The number of likely N-dealkylation sites (N-methyl/N-ethyl adjacent to an activating group) is 1. The molecule has 1 atom stereocenters. The Hall–Kier alpha value is -0.900. The summed E-state index contributed by atoms with van der Waals surface area (Å²) >= 11 is 0. The maximum atomic E-state index is 6.02. The average Bonchev–Trinajstić information content (AvgIpc) is 2.35. The Balaban J connectivity index is 2.17. The fraction of sp³-hybridized carbons (Fsp3) is 0.600. The largest absolute Gasteiger partial charge is 0.329 e. The summed E-state index contributed by atoms with van der Waals surface area (Å²) < 4.78 is 0. The highest BCUT2D eigenvalue weighted by atomic mass is 15.3. The molecule has 1 aliphatic heterocycles. The maximum Gasteiger partial charge on any atom is 0.0474 e. The van der Waals surface area contributed by atoms with Crippen LogP contribution >= 0.6 is 0 Å². The lowest BCUT2D eigenvalue weighted by Crippen LogP contribution is -2.47. The van der Waals surface area contributed by atoms with Crippen molar-refractivity contribution in [1.29, 1.82) is 0 Å². The number of hydrogen-bond acceptors (Lipinski definition) is 3. The van der Waals surface area contributed by atoms with Gasteiger partial charge in [-0.1, -0.05) is 23.8 Å². The molecule has 0 bridgehead atoms. The van der Waals surface area contributed by atoms with Crippen molar-refractivity contribution in [2.24, 2.45) is 5.73 Å². The van der Waals surface area contributed by atoms with Crippen molar-refractivity contribution < 1.29 is 0 Å². The van der Waals surface area contributed by atoms with Gasteiger partial charge in [0.1, 0.15) is 0 Å². The second kappa shape index (κ2) is 5.83. The molecule has 18 heavy (non-hydrogen) atoms. The van der Waals surface area contributed by atoms with Crippen molar-refractivity contribution in [1.82, 2.24) is 9.80 Å². The highest BCUT2D eigenvalue weighted by molar-refractivity contribution is 5.33. The van der Waals surface area contributed by atoms with Gasteiger partial charge >= 0.3 is 0 Å². The Labute approximate surface area is 111 Å². The lowest BCUT2D eigenvalue weighted by molar-refractivity contribution is 0.114. The van der Waals surface area contributed by atoms with Gasteiger partial charge in [-0.2, -0.15) is 0 Å². The number of aryl methyl sites for hydroxylation is 2. The van der Waals surface area contributed by atoms with Crippen LogP contribution in [0.1, 0.15) is 22.7 Å². The van der Waals surface area contributed by atoms with Gasteiger partial charge in [-0.3, -0.25) is 4.90 Å². The Morgan fingerprint density at radius 3 is 2.39 bits per heavy atom. The molecule has 0 aromatic heterocycles. The van der Waals surface area contributed by atoms with E-state index in [4.69, 9.17) is 5.73 Å². The molecule has 1 unspecified atom stereocenters. The molecular weight excluding hydrogens is 222 g/mol. The summed E-state index contributed by atoms with van der Waals surface area (Å²) in [4.78, 5) is 4.91. The molecule has 0 spiro atoms. The lowest BCUT2D eigenvalue weighted by Gasteiger charge is -2.38. The molecule has 0 radical (unpaired) electrons. The minimum atomic E-state index is 0.374. The predicted molar refractivity (Wildman–Crippen MR) is 76.8 cm³/mol. The maximum absolute atomic E-state index is 6.02. The van der Waals surface area contributed by atoms with E-state index in [1.807, 2.05) is 0 Å². The third-order valence-electron chi connectivity index (χ3n) is 3.99. The van der Waals surface area contributed by atoms with Crippen LogP contribution in [-0.4, -0.2) is 49.6 Å². The SMILES string of the molecule is Cc1ccc(C(CN)N2CCN(C)CC2)c(C)c1. The number of nitrogens with two attached hydrogens (primary N) is 1. The molecule has 100 valence electrons. The van der Waals surface area contributed by atoms with Crippen LogP contribution in [0.15, 0.2) is 18.2 Å². The highest BCUT2D eigenvalue weighted by Gasteiger charge is 2.23. The molecule has 0 saturated carbocycles. The smallest absolute Gasteiger partial charge is 0.0474 e. The van der Waals surface area contributed by atoms with E-state index in [0.29, 0.717) is 12.6 Å². The summed E-state index contributed by atoms with van der Waals surface area (Å²) in [6.45, 7) is 9.55. The van der Waals surface area contributed by atoms with Gasteiger partial charge in [0, 0.05) is 38.8 Å². The van der Waals surface area contributed by atoms with Gasteiger partial charge in [-0.25, -0.2) is 0 Å². The van der Waals surface area contributed by atoms with Crippen LogP contribution < -0.4 is 5.73 Å². The second-order valence-electron chi connectivity index (χ2n) is 5.45. The molecule has 0 amide bonds.